The van der Waals surface area contributed by atoms with E-state index in [2.05, 4.69) is 162 Å². The number of aromatic hydroxyl groups is 1. The lowest BCUT2D eigenvalue weighted by atomic mass is 9.67. The van der Waals surface area contributed by atoms with Crippen LogP contribution in [-0.4, -0.2) is 9.67 Å². The summed E-state index contributed by atoms with van der Waals surface area (Å²) in [4.78, 5) is 0. The van der Waals surface area contributed by atoms with Crippen LogP contribution in [0.2, 0.25) is 0 Å². The molecule has 7 aromatic carbocycles. The number of hydrogen-bond acceptors (Lipinski definition) is 1. The van der Waals surface area contributed by atoms with Gasteiger partial charge in [0.2, 0.25) is 0 Å². The van der Waals surface area contributed by atoms with Gasteiger partial charge < -0.3 is 9.67 Å². The highest BCUT2D eigenvalue weighted by atomic mass is 16.3. The summed E-state index contributed by atoms with van der Waals surface area (Å²) in [5.41, 5.74) is 11.8. The second kappa shape index (κ2) is 9.83. The quantitative estimate of drug-likeness (QED) is 0.222. The molecule has 1 aromatic heterocycles. The van der Waals surface area contributed by atoms with Gasteiger partial charge in [0.25, 0.3) is 0 Å². The van der Waals surface area contributed by atoms with E-state index < -0.39 is 5.41 Å². The standard InChI is InChI=1S/C43H29NO/c45-39-28-37-40(34-20-10-12-22-36(34)43(37,31-16-6-2-7-17-31)32-18-8-3-9-19-32)41-35-21-11-13-23-38(35)44(42(39)41)33-26-24-30(25-27-33)29-14-4-1-5-15-29/h1-28,45H. The van der Waals surface area contributed by atoms with Gasteiger partial charge in [-0.25, -0.2) is 0 Å². The number of hydrogen-bond donors (Lipinski definition) is 1. The van der Waals surface area contributed by atoms with Crippen molar-refractivity contribution in [1.82, 2.24) is 4.57 Å². The molecule has 0 saturated carbocycles. The van der Waals surface area contributed by atoms with Gasteiger partial charge in [-0.05, 0) is 68.8 Å². The lowest BCUT2D eigenvalue weighted by Crippen LogP contribution is -2.28. The maximum atomic E-state index is 12.2. The summed E-state index contributed by atoms with van der Waals surface area (Å²) in [5, 5.41) is 14.4. The molecule has 0 spiro atoms. The fraction of sp³-hybridized carbons (Fsp3) is 0.0233. The van der Waals surface area contributed by atoms with Crippen LogP contribution in [-0.2, 0) is 5.41 Å². The molecule has 1 heterocycles. The molecular weight excluding hydrogens is 546 g/mol. The molecule has 45 heavy (non-hydrogen) atoms. The molecule has 212 valence electrons. The molecule has 9 rings (SSSR count). The van der Waals surface area contributed by atoms with E-state index in [-0.39, 0.29) is 5.75 Å². The van der Waals surface area contributed by atoms with Crippen molar-refractivity contribution in [3.05, 3.63) is 192 Å². The Hall–Kier alpha value is -5.86. The van der Waals surface area contributed by atoms with E-state index in [9.17, 15) is 5.11 Å². The second-order valence-electron chi connectivity index (χ2n) is 11.8. The van der Waals surface area contributed by atoms with Crippen LogP contribution in [0.15, 0.2) is 170 Å². The van der Waals surface area contributed by atoms with Crippen LogP contribution in [0, 0.1) is 0 Å². The molecule has 0 fully saturated rings. The Kier molecular flexibility index (Phi) is 5.60. The first-order valence-corrected chi connectivity index (χ1v) is 15.4. The van der Waals surface area contributed by atoms with Gasteiger partial charge in [-0.1, -0.05) is 146 Å². The summed E-state index contributed by atoms with van der Waals surface area (Å²) in [6.45, 7) is 0. The minimum Gasteiger partial charge on any atom is -0.506 e. The summed E-state index contributed by atoms with van der Waals surface area (Å²) in [5.74, 6) is 0.274. The molecule has 2 nitrogen and oxygen atoms in total. The predicted molar refractivity (Wildman–Crippen MR) is 185 cm³/mol. The van der Waals surface area contributed by atoms with Crippen molar-refractivity contribution in [2.75, 3.05) is 0 Å². The number of nitrogens with zero attached hydrogens (tertiary/aromatic N) is 1. The largest absolute Gasteiger partial charge is 0.506 e. The van der Waals surface area contributed by atoms with Gasteiger partial charge >= 0.3 is 0 Å². The lowest BCUT2D eigenvalue weighted by Gasteiger charge is -2.34. The van der Waals surface area contributed by atoms with E-state index in [0.717, 1.165) is 38.6 Å². The molecule has 0 unspecified atom stereocenters. The summed E-state index contributed by atoms with van der Waals surface area (Å²) in [6, 6.07) is 59.9. The minimum atomic E-state index is -0.583. The first-order valence-electron chi connectivity index (χ1n) is 15.4. The van der Waals surface area contributed by atoms with Crippen molar-refractivity contribution in [3.8, 4) is 33.7 Å². The van der Waals surface area contributed by atoms with Crippen LogP contribution in [0.1, 0.15) is 22.3 Å². The molecule has 0 saturated heterocycles. The molecule has 8 aromatic rings. The Morgan fingerprint density at radius 2 is 1.04 bits per heavy atom. The fourth-order valence-electron chi connectivity index (χ4n) is 7.76. The summed E-state index contributed by atoms with van der Waals surface area (Å²) >= 11 is 0. The Bertz CT molecular complexity index is 2310. The third-order valence-electron chi connectivity index (χ3n) is 9.57. The zero-order chi connectivity index (χ0) is 30.0. The maximum absolute atomic E-state index is 12.2. The van der Waals surface area contributed by atoms with Gasteiger partial charge in [0.05, 0.1) is 16.4 Å². The van der Waals surface area contributed by atoms with Crippen molar-refractivity contribution in [2.24, 2.45) is 0 Å². The monoisotopic (exact) mass is 575 g/mol. The van der Waals surface area contributed by atoms with Gasteiger partial charge in [0.15, 0.2) is 0 Å². The van der Waals surface area contributed by atoms with Crippen LogP contribution < -0.4 is 0 Å². The number of para-hydroxylation sites is 1. The number of benzene rings is 7. The number of phenolic OH excluding ortho intramolecular Hbond substituents is 1. The minimum absolute atomic E-state index is 0.274. The molecule has 0 aliphatic heterocycles. The van der Waals surface area contributed by atoms with Crippen molar-refractivity contribution in [2.45, 2.75) is 5.41 Å². The van der Waals surface area contributed by atoms with Crippen molar-refractivity contribution < 1.29 is 5.11 Å². The molecule has 0 bridgehead atoms. The van der Waals surface area contributed by atoms with Gasteiger partial charge in [-0.15, -0.1) is 0 Å². The first kappa shape index (κ1) is 25.6. The van der Waals surface area contributed by atoms with Gasteiger partial charge in [-0.2, -0.15) is 0 Å². The van der Waals surface area contributed by atoms with Gasteiger partial charge in [0.1, 0.15) is 5.75 Å². The Morgan fingerprint density at radius 3 is 1.73 bits per heavy atom. The smallest absolute Gasteiger partial charge is 0.140 e. The van der Waals surface area contributed by atoms with Crippen molar-refractivity contribution >= 4 is 21.8 Å². The lowest BCUT2D eigenvalue weighted by molar-refractivity contribution is 0.478. The molecule has 0 amide bonds. The third-order valence-corrected chi connectivity index (χ3v) is 9.57. The van der Waals surface area contributed by atoms with E-state index in [0.29, 0.717) is 0 Å². The molecule has 2 heteroatoms. The van der Waals surface area contributed by atoms with Crippen molar-refractivity contribution in [1.29, 1.82) is 0 Å². The first-order chi connectivity index (χ1) is 22.3. The Balaban J connectivity index is 1.40. The van der Waals surface area contributed by atoms with E-state index >= 15 is 0 Å². The van der Waals surface area contributed by atoms with E-state index in [1.807, 2.05) is 12.1 Å². The fourth-order valence-corrected chi connectivity index (χ4v) is 7.76. The number of phenols is 1. The van der Waals surface area contributed by atoms with Crippen LogP contribution in [0.3, 0.4) is 0 Å². The van der Waals surface area contributed by atoms with Crippen LogP contribution >= 0.6 is 0 Å². The van der Waals surface area contributed by atoms with E-state index in [4.69, 9.17) is 0 Å². The van der Waals surface area contributed by atoms with E-state index in [1.54, 1.807) is 0 Å². The van der Waals surface area contributed by atoms with Crippen LogP contribution in [0.4, 0.5) is 0 Å². The molecule has 0 radical (unpaired) electrons. The molecule has 1 N–H and O–H groups in total. The van der Waals surface area contributed by atoms with Crippen LogP contribution in [0.5, 0.6) is 5.75 Å². The number of fused-ring (bicyclic) bond motifs is 7. The Morgan fingerprint density at radius 1 is 0.489 bits per heavy atom. The van der Waals surface area contributed by atoms with Crippen LogP contribution in [0.25, 0.3) is 49.7 Å². The summed E-state index contributed by atoms with van der Waals surface area (Å²) in [6.07, 6.45) is 0. The number of rotatable bonds is 4. The third kappa shape index (κ3) is 3.57. The highest BCUT2D eigenvalue weighted by Gasteiger charge is 2.47. The average Bonchev–Trinajstić information content (AvgIpc) is 3.61. The predicted octanol–water partition coefficient (Wildman–Crippen LogP) is 10.5. The SMILES string of the molecule is Oc1cc2c(c3c4ccccc4n(-c4ccc(-c5ccccc5)cc4)c13)-c1ccccc1C2(c1ccccc1)c1ccccc1. The molecule has 1 aliphatic rings. The summed E-state index contributed by atoms with van der Waals surface area (Å²) in [7, 11) is 0. The highest BCUT2D eigenvalue weighted by Crippen LogP contribution is 2.60. The summed E-state index contributed by atoms with van der Waals surface area (Å²) < 4.78 is 2.22. The maximum Gasteiger partial charge on any atom is 0.140 e. The molecule has 0 atom stereocenters. The average molecular weight is 576 g/mol. The van der Waals surface area contributed by atoms with E-state index in [1.165, 1.54) is 33.4 Å². The highest BCUT2D eigenvalue weighted by molar-refractivity contribution is 6.20. The zero-order valence-electron chi connectivity index (χ0n) is 24.6. The molecular formula is C43H29NO. The molecule has 1 aliphatic carbocycles. The Labute approximate surface area is 262 Å². The normalized spacial score (nSPS) is 13.2. The van der Waals surface area contributed by atoms with Crippen molar-refractivity contribution in [3.63, 3.8) is 0 Å². The number of aromatic nitrogens is 1. The van der Waals surface area contributed by atoms with Gasteiger partial charge in [-0.3, -0.25) is 0 Å². The van der Waals surface area contributed by atoms with Gasteiger partial charge in [0, 0.05) is 16.5 Å². The second-order valence-corrected chi connectivity index (χ2v) is 11.8. The topological polar surface area (TPSA) is 25.2 Å². The zero-order valence-corrected chi connectivity index (χ0v) is 24.6.